The maximum atomic E-state index is 13.1. The molecule has 0 spiro atoms. The molecule has 26 heavy (non-hydrogen) atoms. The van der Waals surface area contributed by atoms with E-state index in [1.165, 1.54) is 19.3 Å². The predicted molar refractivity (Wildman–Crippen MR) is 104 cm³/mol. The van der Waals surface area contributed by atoms with Crippen LogP contribution in [-0.4, -0.2) is 61.6 Å². The van der Waals surface area contributed by atoms with E-state index in [0.29, 0.717) is 12.6 Å². The number of para-hydroxylation sites is 1. The van der Waals surface area contributed by atoms with Crippen molar-refractivity contribution < 1.29 is 9.53 Å². The summed E-state index contributed by atoms with van der Waals surface area (Å²) in [6.07, 6.45) is 6.15. The van der Waals surface area contributed by atoms with Crippen LogP contribution in [-0.2, 0) is 4.79 Å². The van der Waals surface area contributed by atoms with Gasteiger partial charge in [-0.2, -0.15) is 0 Å². The summed E-state index contributed by atoms with van der Waals surface area (Å²) in [4.78, 5) is 17.6. The number of carbonyl (C=O) groups is 1. The molecule has 1 saturated heterocycles. The monoisotopic (exact) mass is 359 g/mol. The van der Waals surface area contributed by atoms with Crippen LogP contribution in [0, 0.1) is 0 Å². The number of hydrogen-bond donors (Lipinski definition) is 1. The Labute approximate surface area is 157 Å². The zero-order valence-electron chi connectivity index (χ0n) is 16.2. The Morgan fingerprint density at radius 3 is 2.77 bits per heavy atom. The lowest BCUT2D eigenvalue weighted by atomic mass is 9.94. The molecule has 1 aliphatic heterocycles. The summed E-state index contributed by atoms with van der Waals surface area (Å²) in [5.74, 6) is 1.18. The van der Waals surface area contributed by atoms with Crippen LogP contribution in [0.15, 0.2) is 24.3 Å². The van der Waals surface area contributed by atoms with Gasteiger partial charge in [0.2, 0.25) is 5.91 Å². The van der Waals surface area contributed by atoms with Crippen LogP contribution in [0.1, 0.15) is 50.6 Å². The van der Waals surface area contributed by atoms with E-state index >= 15 is 0 Å². The molecule has 1 atom stereocenters. The average Bonchev–Trinajstić information content (AvgIpc) is 2.70. The number of carbonyl (C=O) groups excluding carboxylic acids is 1. The highest BCUT2D eigenvalue weighted by molar-refractivity contribution is 5.78. The zero-order valence-corrected chi connectivity index (χ0v) is 16.2. The Morgan fingerprint density at radius 2 is 2.04 bits per heavy atom. The molecule has 1 aromatic rings. The van der Waals surface area contributed by atoms with Gasteiger partial charge in [0.05, 0.1) is 19.7 Å². The molecule has 1 unspecified atom stereocenters. The molecule has 2 fully saturated rings. The van der Waals surface area contributed by atoms with Crippen LogP contribution in [0.2, 0.25) is 0 Å². The van der Waals surface area contributed by atoms with Gasteiger partial charge < -0.3 is 15.0 Å². The molecule has 1 aromatic carbocycles. The fourth-order valence-corrected chi connectivity index (χ4v) is 4.48. The zero-order chi connectivity index (χ0) is 18.4. The number of likely N-dealkylation sites (N-methyl/N-ethyl adjacent to an activating group) is 1. The minimum absolute atomic E-state index is 0.175. The molecular formula is C21H33N3O2. The lowest BCUT2D eigenvalue weighted by Crippen LogP contribution is -2.52. The van der Waals surface area contributed by atoms with Crippen LogP contribution in [0.25, 0.3) is 0 Å². The van der Waals surface area contributed by atoms with Gasteiger partial charge in [0.1, 0.15) is 5.75 Å². The molecule has 1 N–H and O–H groups in total. The first-order chi connectivity index (χ1) is 12.7. The second-order valence-electron chi connectivity index (χ2n) is 7.40. The molecule has 0 bridgehead atoms. The molecule has 1 aliphatic carbocycles. The largest absolute Gasteiger partial charge is 0.496 e. The normalized spacial score (nSPS) is 22.2. The van der Waals surface area contributed by atoms with Gasteiger partial charge in [0.15, 0.2) is 0 Å². The van der Waals surface area contributed by atoms with E-state index in [4.69, 9.17) is 4.74 Å². The van der Waals surface area contributed by atoms with Crippen molar-refractivity contribution in [1.82, 2.24) is 15.1 Å². The van der Waals surface area contributed by atoms with Crippen molar-refractivity contribution in [2.24, 2.45) is 0 Å². The molecular weight excluding hydrogens is 326 g/mol. The number of nitrogens with one attached hydrogen (secondary N) is 1. The number of hydrogen-bond acceptors (Lipinski definition) is 4. The first kappa shape index (κ1) is 19.2. The van der Waals surface area contributed by atoms with Gasteiger partial charge >= 0.3 is 0 Å². The van der Waals surface area contributed by atoms with E-state index in [-0.39, 0.29) is 11.9 Å². The number of nitrogens with zero attached hydrogens (tertiary/aromatic N) is 2. The Morgan fingerprint density at radius 1 is 1.27 bits per heavy atom. The third kappa shape index (κ3) is 4.38. The summed E-state index contributed by atoms with van der Waals surface area (Å²) in [5.41, 5.74) is 1.16. The minimum atomic E-state index is 0.175. The maximum absolute atomic E-state index is 13.1. The van der Waals surface area contributed by atoms with Gasteiger partial charge in [-0.25, -0.2) is 0 Å². The summed E-state index contributed by atoms with van der Waals surface area (Å²) in [7, 11) is 1.71. The van der Waals surface area contributed by atoms with Crippen LogP contribution < -0.4 is 10.1 Å². The van der Waals surface area contributed by atoms with Crippen molar-refractivity contribution in [2.75, 3.05) is 39.8 Å². The first-order valence-corrected chi connectivity index (χ1v) is 10.1. The SMILES string of the molecule is CCN(C(=O)CN1CCNCC1c1ccccc1OC)C1CCCCC1. The Kier molecular flexibility index (Phi) is 6.92. The minimum Gasteiger partial charge on any atom is -0.496 e. The highest BCUT2D eigenvalue weighted by atomic mass is 16.5. The predicted octanol–water partition coefficient (Wildman–Crippen LogP) is 2.82. The molecule has 1 amide bonds. The maximum Gasteiger partial charge on any atom is 0.237 e. The number of methoxy groups -OCH3 is 1. The van der Waals surface area contributed by atoms with Gasteiger partial charge in [-0.1, -0.05) is 37.5 Å². The number of amides is 1. The Balaban J connectivity index is 1.72. The number of benzene rings is 1. The fourth-order valence-electron chi connectivity index (χ4n) is 4.48. The number of ether oxygens (including phenoxy) is 1. The summed E-state index contributed by atoms with van der Waals surface area (Å²) in [6.45, 7) is 6.08. The summed E-state index contributed by atoms with van der Waals surface area (Å²) >= 11 is 0. The lowest BCUT2D eigenvalue weighted by Gasteiger charge is -2.39. The standard InChI is InChI=1S/C21H33N3O2/c1-3-24(17-9-5-4-6-10-17)21(25)16-23-14-13-22-15-19(23)18-11-7-8-12-20(18)26-2/h7-8,11-12,17,19,22H,3-6,9-10,13-16H2,1-2H3. The first-order valence-electron chi connectivity index (χ1n) is 10.1. The van der Waals surface area contributed by atoms with Gasteiger partial charge in [-0.15, -0.1) is 0 Å². The van der Waals surface area contributed by atoms with E-state index in [2.05, 4.69) is 28.1 Å². The molecule has 2 aliphatic rings. The van der Waals surface area contributed by atoms with Gasteiger partial charge in [-0.05, 0) is 25.8 Å². The van der Waals surface area contributed by atoms with Crippen molar-refractivity contribution in [3.8, 4) is 5.75 Å². The molecule has 3 rings (SSSR count). The fraction of sp³-hybridized carbons (Fsp3) is 0.667. The van der Waals surface area contributed by atoms with Crippen molar-refractivity contribution >= 4 is 5.91 Å². The second-order valence-corrected chi connectivity index (χ2v) is 7.40. The van der Waals surface area contributed by atoms with E-state index in [1.54, 1.807) is 7.11 Å². The topological polar surface area (TPSA) is 44.8 Å². The molecule has 144 valence electrons. The number of rotatable bonds is 6. The van der Waals surface area contributed by atoms with Crippen LogP contribution >= 0.6 is 0 Å². The van der Waals surface area contributed by atoms with Crippen LogP contribution in [0.3, 0.4) is 0 Å². The summed E-state index contributed by atoms with van der Waals surface area (Å²) in [6, 6.07) is 8.78. The molecule has 0 aromatic heterocycles. The van der Waals surface area contributed by atoms with Crippen LogP contribution in [0.5, 0.6) is 5.75 Å². The van der Waals surface area contributed by atoms with Gasteiger partial charge in [0.25, 0.3) is 0 Å². The highest BCUT2D eigenvalue weighted by Gasteiger charge is 2.31. The molecule has 1 heterocycles. The average molecular weight is 360 g/mol. The second kappa shape index (κ2) is 9.38. The molecule has 1 saturated carbocycles. The van der Waals surface area contributed by atoms with Crippen molar-refractivity contribution in [1.29, 1.82) is 0 Å². The Hall–Kier alpha value is -1.59. The quantitative estimate of drug-likeness (QED) is 0.848. The van der Waals surface area contributed by atoms with E-state index in [9.17, 15) is 4.79 Å². The van der Waals surface area contributed by atoms with E-state index in [0.717, 1.165) is 50.3 Å². The number of piperazine rings is 1. The van der Waals surface area contributed by atoms with Crippen molar-refractivity contribution in [3.05, 3.63) is 29.8 Å². The lowest BCUT2D eigenvalue weighted by molar-refractivity contribution is -0.136. The third-order valence-electron chi connectivity index (χ3n) is 5.87. The van der Waals surface area contributed by atoms with Crippen LogP contribution in [0.4, 0.5) is 0 Å². The molecule has 5 heteroatoms. The summed E-state index contributed by atoms with van der Waals surface area (Å²) < 4.78 is 5.57. The van der Waals surface area contributed by atoms with Gasteiger partial charge in [-0.3, -0.25) is 9.69 Å². The van der Waals surface area contributed by atoms with E-state index in [1.807, 2.05) is 18.2 Å². The van der Waals surface area contributed by atoms with Gasteiger partial charge in [0, 0.05) is 37.8 Å². The van der Waals surface area contributed by atoms with Crippen molar-refractivity contribution in [2.45, 2.75) is 51.1 Å². The summed E-state index contributed by atoms with van der Waals surface area (Å²) in [5, 5.41) is 3.47. The Bertz CT molecular complexity index is 586. The smallest absolute Gasteiger partial charge is 0.237 e. The van der Waals surface area contributed by atoms with E-state index < -0.39 is 0 Å². The van der Waals surface area contributed by atoms with Crippen molar-refractivity contribution in [3.63, 3.8) is 0 Å². The molecule has 5 nitrogen and oxygen atoms in total. The highest BCUT2D eigenvalue weighted by Crippen LogP contribution is 2.30. The third-order valence-corrected chi connectivity index (χ3v) is 5.87. The molecule has 0 radical (unpaired) electrons.